The fourth-order valence-electron chi connectivity index (χ4n) is 2.77. The molecule has 1 aliphatic carbocycles. The molecule has 19 heavy (non-hydrogen) atoms. The molecule has 0 atom stereocenters. The van der Waals surface area contributed by atoms with Gasteiger partial charge in [0.25, 0.3) is 0 Å². The van der Waals surface area contributed by atoms with Gasteiger partial charge in [0.1, 0.15) is 5.69 Å². The molecule has 1 aromatic heterocycles. The molecule has 5 nitrogen and oxygen atoms in total. The summed E-state index contributed by atoms with van der Waals surface area (Å²) in [6.07, 6.45) is 9.25. The van der Waals surface area contributed by atoms with E-state index >= 15 is 0 Å². The summed E-state index contributed by atoms with van der Waals surface area (Å²) >= 11 is 0. The molecule has 0 aromatic carbocycles. The molecule has 0 aliphatic heterocycles. The predicted molar refractivity (Wildman–Crippen MR) is 76.6 cm³/mol. The van der Waals surface area contributed by atoms with Crippen LogP contribution in [0.25, 0.3) is 0 Å². The van der Waals surface area contributed by atoms with Gasteiger partial charge in [-0.2, -0.15) is 0 Å². The van der Waals surface area contributed by atoms with Gasteiger partial charge in [-0.3, -0.25) is 4.98 Å². The lowest BCUT2D eigenvalue weighted by Gasteiger charge is -2.30. The zero-order valence-electron chi connectivity index (χ0n) is 11.4. The third-order valence-corrected chi connectivity index (χ3v) is 3.89. The van der Waals surface area contributed by atoms with Crippen LogP contribution in [-0.4, -0.2) is 29.1 Å². The molecule has 1 fully saturated rings. The summed E-state index contributed by atoms with van der Waals surface area (Å²) in [6, 6.07) is 4.37. The van der Waals surface area contributed by atoms with Crippen molar-refractivity contribution in [1.29, 1.82) is 0 Å². The quantitative estimate of drug-likeness (QED) is 0.288. The Bertz CT molecular complexity index is 439. The second-order valence-electron chi connectivity index (χ2n) is 5.11. The molecule has 0 saturated heterocycles. The average molecular weight is 262 g/mol. The summed E-state index contributed by atoms with van der Waals surface area (Å²) in [5, 5.41) is 11.9. The van der Waals surface area contributed by atoms with E-state index in [4.69, 9.17) is 10.9 Å². The van der Waals surface area contributed by atoms with E-state index in [9.17, 15) is 0 Å². The van der Waals surface area contributed by atoms with Crippen molar-refractivity contribution in [2.24, 2.45) is 10.9 Å². The van der Waals surface area contributed by atoms with Gasteiger partial charge in [0.2, 0.25) is 0 Å². The molecule has 3 N–H and O–H groups in total. The van der Waals surface area contributed by atoms with Gasteiger partial charge in [-0.15, -0.1) is 0 Å². The first kappa shape index (κ1) is 13.6. The summed E-state index contributed by atoms with van der Waals surface area (Å²) in [6.45, 7) is 0. The number of amidine groups is 1. The van der Waals surface area contributed by atoms with Gasteiger partial charge in [0, 0.05) is 19.3 Å². The van der Waals surface area contributed by atoms with E-state index in [0.717, 1.165) is 5.69 Å². The Balaban J connectivity index is 2.24. The molecule has 1 aromatic rings. The van der Waals surface area contributed by atoms with E-state index in [1.54, 1.807) is 6.20 Å². The molecular formula is C14H22N4O. The van der Waals surface area contributed by atoms with E-state index in [2.05, 4.69) is 22.1 Å². The van der Waals surface area contributed by atoms with Crippen LogP contribution < -0.4 is 10.6 Å². The van der Waals surface area contributed by atoms with Crippen molar-refractivity contribution in [2.45, 2.75) is 44.6 Å². The molecule has 0 spiro atoms. The topological polar surface area (TPSA) is 74.7 Å². The second-order valence-corrected chi connectivity index (χ2v) is 5.11. The van der Waals surface area contributed by atoms with E-state index in [-0.39, 0.29) is 5.84 Å². The van der Waals surface area contributed by atoms with Crippen LogP contribution in [0.15, 0.2) is 23.5 Å². The Morgan fingerprint density at radius 3 is 2.68 bits per heavy atom. The lowest BCUT2D eigenvalue weighted by molar-refractivity contribution is 0.318. The van der Waals surface area contributed by atoms with Crippen LogP contribution >= 0.6 is 0 Å². The highest BCUT2D eigenvalue weighted by Crippen LogP contribution is 2.26. The number of oxime groups is 1. The predicted octanol–water partition coefficient (Wildman–Crippen LogP) is 2.34. The number of hydrogen-bond acceptors (Lipinski definition) is 4. The van der Waals surface area contributed by atoms with E-state index in [1.807, 2.05) is 12.1 Å². The Kier molecular flexibility index (Phi) is 4.60. The molecule has 1 heterocycles. The van der Waals surface area contributed by atoms with Crippen LogP contribution in [-0.2, 0) is 0 Å². The first-order valence-corrected chi connectivity index (χ1v) is 6.89. The fourth-order valence-corrected chi connectivity index (χ4v) is 2.77. The largest absolute Gasteiger partial charge is 0.409 e. The molecule has 0 bridgehead atoms. The van der Waals surface area contributed by atoms with Gasteiger partial charge in [-0.05, 0) is 25.0 Å². The highest BCUT2D eigenvalue weighted by Gasteiger charge is 2.20. The molecular weight excluding hydrogens is 240 g/mol. The minimum Gasteiger partial charge on any atom is -0.409 e. The molecule has 0 unspecified atom stereocenters. The minimum atomic E-state index is 0.0658. The highest BCUT2D eigenvalue weighted by molar-refractivity contribution is 6.00. The standard InChI is InChI=1S/C14H22N4O/c1-18(11-7-4-2-3-5-8-11)12-9-6-10-16-13(12)14(15)17-19/h6,9-11,19H,2-5,7-8H2,1H3,(H2,15,17). The molecule has 1 saturated carbocycles. The molecule has 0 amide bonds. The van der Waals surface area contributed by atoms with Crippen molar-refractivity contribution in [3.05, 3.63) is 24.0 Å². The Hall–Kier alpha value is -1.78. The molecule has 0 radical (unpaired) electrons. The van der Waals surface area contributed by atoms with E-state index < -0.39 is 0 Å². The van der Waals surface area contributed by atoms with Gasteiger partial charge in [-0.1, -0.05) is 30.8 Å². The smallest absolute Gasteiger partial charge is 0.190 e. The summed E-state index contributed by atoms with van der Waals surface area (Å²) in [4.78, 5) is 6.46. The van der Waals surface area contributed by atoms with Crippen molar-refractivity contribution in [1.82, 2.24) is 4.98 Å². The first-order chi connectivity index (χ1) is 9.24. The van der Waals surface area contributed by atoms with Gasteiger partial charge in [0.05, 0.1) is 5.69 Å². The molecule has 104 valence electrons. The summed E-state index contributed by atoms with van der Waals surface area (Å²) in [5.41, 5.74) is 7.19. The first-order valence-electron chi connectivity index (χ1n) is 6.89. The number of nitrogens with zero attached hydrogens (tertiary/aromatic N) is 3. The summed E-state index contributed by atoms with van der Waals surface area (Å²) in [7, 11) is 2.07. The molecule has 2 rings (SSSR count). The Labute approximate surface area is 114 Å². The van der Waals surface area contributed by atoms with Crippen LogP contribution in [0, 0.1) is 0 Å². The number of anilines is 1. The zero-order chi connectivity index (χ0) is 13.7. The third-order valence-electron chi connectivity index (χ3n) is 3.89. The maximum atomic E-state index is 8.85. The van der Waals surface area contributed by atoms with Crippen LogP contribution in [0.5, 0.6) is 0 Å². The van der Waals surface area contributed by atoms with Gasteiger partial charge >= 0.3 is 0 Å². The number of hydrogen-bond donors (Lipinski definition) is 2. The third kappa shape index (κ3) is 3.16. The summed E-state index contributed by atoms with van der Waals surface area (Å²) < 4.78 is 0. The summed E-state index contributed by atoms with van der Waals surface area (Å²) in [5.74, 6) is 0.0658. The molecule has 1 aliphatic rings. The van der Waals surface area contributed by atoms with Gasteiger partial charge in [-0.25, -0.2) is 0 Å². The fraction of sp³-hybridized carbons (Fsp3) is 0.571. The van der Waals surface area contributed by atoms with Crippen LogP contribution in [0.1, 0.15) is 44.2 Å². The number of aromatic nitrogens is 1. The normalized spacial score (nSPS) is 18.1. The van der Waals surface area contributed by atoms with Crippen molar-refractivity contribution >= 4 is 11.5 Å². The van der Waals surface area contributed by atoms with Crippen molar-refractivity contribution in [2.75, 3.05) is 11.9 Å². The average Bonchev–Trinajstić information content (AvgIpc) is 2.74. The van der Waals surface area contributed by atoms with E-state index in [1.165, 1.54) is 38.5 Å². The Morgan fingerprint density at radius 1 is 1.37 bits per heavy atom. The van der Waals surface area contributed by atoms with Gasteiger partial charge < -0.3 is 15.8 Å². The monoisotopic (exact) mass is 262 g/mol. The minimum absolute atomic E-state index is 0.0658. The van der Waals surface area contributed by atoms with E-state index in [0.29, 0.717) is 11.7 Å². The number of nitrogens with two attached hydrogens (primary N) is 1. The SMILES string of the molecule is CN(c1cccnc1/C(N)=N/O)C1CCCCCC1. The van der Waals surface area contributed by atoms with Crippen molar-refractivity contribution < 1.29 is 5.21 Å². The maximum Gasteiger partial charge on any atom is 0.190 e. The second kappa shape index (κ2) is 6.41. The van der Waals surface area contributed by atoms with Crippen LogP contribution in [0.2, 0.25) is 0 Å². The van der Waals surface area contributed by atoms with Crippen LogP contribution in [0.3, 0.4) is 0 Å². The molecule has 5 heteroatoms. The highest BCUT2D eigenvalue weighted by atomic mass is 16.4. The van der Waals surface area contributed by atoms with Crippen molar-refractivity contribution in [3.63, 3.8) is 0 Å². The maximum absolute atomic E-state index is 8.85. The lowest BCUT2D eigenvalue weighted by atomic mass is 10.1. The number of rotatable bonds is 3. The Morgan fingerprint density at radius 2 is 2.05 bits per heavy atom. The zero-order valence-corrected chi connectivity index (χ0v) is 11.4. The number of pyridine rings is 1. The van der Waals surface area contributed by atoms with Crippen LogP contribution in [0.4, 0.5) is 5.69 Å². The van der Waals surface area contributed by atoms with Gasteiger partial charge in [0.15, 0.2) is 5.84 Å². The van der Waals surface area contributed by atoms with Crippen molar-refractivity contribution in [3.8, 4) is 0 Å². The lowest BCUT2D eigenvalue weighted by Crippen LogP contribution is -2.33.